The van der Waals surface area contributed by atoms with Crippen LogP contribution in [0.25, 0.3) is 10.9 Å². The first-order valence-corrected chi connectivity index (χ1v) is 11.9. The van der Waals surface area contributed by atoms with Crippen LogP contribution < -0.4 is 5.56 Å². The number of benzene rings is 2. The van der Waals surface area contributed by atoms with Crippen molar-refractivity contribution in [1.82, 2.24) is 9.55 Å². The van der Waals surface area contributed by atoms with Gasteiger partial charge in [-0.3, -0.25) is 14.2 Å². The van der Waals surface area contributed by atoms with Crippen LogP contribution in [0.3, 0.4) is 0 Å². The molecule has 0 N–H and O–H groups in total. The number of aromatic nitrogens is 2. The van der Waals surface area contributed by atoms with Gasteiger partial charge in [-0.15, -0.1) is 0 Å². The van der Waals surface area contributed by atoms with Gasteiger partial charge in [-0.2, -0.15) is 0 Å². The van der Waals surface area contributed by atoms with Gasteiger partial charge in [0.05, 0.1) is 23.6 Å². The molecule has 1 saturated heterocycles. The van der Waals surface area contributed by atoms with E-state index in [2.05, 4.69) is 15.9 Å². The molecule has 156 valence electrons. The van der Waals surface area contributed by atoms with Crippen LogP contribution in [0.15, 0.2) is 63.0 Å². The van der Waals surface area contributed by atoms with Crippen LogP contribution in [0.4, 0.5) is 0 Å². The van der Waals surface area contributed by atoms with Gasteiger partial charge in [-0.1, -0.05) is 52.0 Å². The summed E-state index contributed by atoms with van der Waals surface area (Å²) in [4.78, 5) is 30.2. The van der Waals surface area contributed by atoms with E-state index < -0.39 is 0 Å². The molecule has 1 aromatic heterocycles. The van der Waals surface area contributed by atoms with Gasteiger partial charge in [0, 0.05) is 28.8 Å². The van der Waals surface area contributed by atoms with E-state index in [9.17, 15) is 9.59 Å². The zero-order valence-electron chi connectivity index (χ0n) is 16.6. The quantitative estimate of drug-likeness (QED) is 0.192. The first-order chi connectivity index (χ1) is 14.6. The Morgan fingerprint density at radius 2 is 2.00 bits per heavy atom. The highest BCUT2D eigenvalue weighted by Crippen LogP contribution is 2.22. The van der Waals surface area contributed by atoms with E-state index >= 15 is 0 Å². The largest absolute Gasteiger partial charge is 0.376 e. The van der Waals surface area contributed by atoms with Crippen molar-refractivity contribution in [3.8, 4) is 0 Å². The summed E-state index contributed by atoms with van der Waals surface area (Å²) in [5.41, 5.74) is 1.41. The summed E-state index contributed by atoms with van der Waals surface area (Å²) in [6.45, 7) is 1.28. The molecular weight excluding hydrogens is 464 g/mol. The summed E-state index contributed by atoms with van der Waals surface area (Å²) in [5, 5.41) is 1.33. The lowest BCUT2D eigenvalue weighted by atomic mass is 10.1. The molecule has 4 rings (SSSR count). The number of para-hydroxylation sites is 1. The molecule has 0 spiro atoms. The molecule has 0 radical (unpaired) electrons. The number of carbonyl (C=O) groups is 1. The fourth-order valence-corrected chi connectivity index (χ4v) is 4.80. The summed E-state index contributed by atoms with van der Waals surface area (Å²) in [6.07, 6.45) is 3.25. The van der Waals surface area contributed by atoms with E-state index in [4.69, 9.17) is 9.72 Å². The van der Waals surface area contributed by atoms with Crippen LogP contribution in [-0.4, -0.2) is 33.8 Å². The number of ketones is 1. The lowest BCUT2D eigenvalue weighted by Gasteiger charge is -2.16. The minimum absolute atomic E-state index is 0.0236. The number of rotatable bonds is 8. The Balaban J connectivity index is 1.46. The summed E-state index contributed by atoms with van der Waals surface area (Å²) in [5.74, 6) is 0.852. The van der Waals surface area contributed by atoms with E-state index in [0.717, 1.165) is 41.7 Å². The zero-order valence-corrected chi connectivity index (χ0v) is 19.0. The van der Waals surface area contributed by atoms with Crippen LogP contribution in [0.5, 0.6) is 0 Å². The summed E-state index contributed by atoms with van der Waals surface area (Å²) >= 11 is 4.92. The molecule has 1 atom stereocenters. The molecule has 30 heavy (non-hydrogen) atoms. The monoisotopic (exact) mass is 486 g/mol. The number of hydrogen-bond acceptors (Lipinski definition) is 5. The minimum Gasteiger partial charge on any atom is -0.376 e. The van der Waals surface area contributed by atoms with E-state index in [0.29, 0.717) is 29.0 Å². The van der Waals surface area contributed by atoms with Crippen LogP contribution in [0.2, 0.25) is 0 Å². The molecular formula is C23H23BrN2O3S. The van der Waals surface area contributed by atoms with Gasteiger partial charge >= 0.3 is 0 Å². The fourth-order valence-electron chi connectivity index (χ4n) is 3.59. The maximum absolute atomic E-state index is 13.1. The van der Waals surface area contributed by atoms with Crippen LogP contribution >= 0.6 is 27.7 Å². The number of fused-ring (bicyclic) bond motifs is 1. The van der Waals surface area contributed by atoms with E-state index in [1.54, 1.807) is 4.57 Å². The molecule has 7 heteroatoms. The van der Waals surface area contributed by atoms with Crippen LogP contribution in [-0.2, 0) is 11.3 Å². The van der Waals surface area contributed by atoms with Crippen LogP contribution in [0.1, 0.15) is 36.0 Å². The highest BCUT2D eigenvalue weighted by molar-refractivity contribution is 9.10. The van der Waals surface area contributed by atoms with Crippen molar-refractivity contribution in [2.24, 2.45) is 0 Å². The van der Waals surface area contributed by atoms with Crippen molar-refractivity contribution < 1.29 is 9.53 Å². The molecule has 0 bridgehead atoms. The average Bonchev–Trinajstić information content (AvgIpc) is 3.27. The second-order valence-electron chi connectivity index (χ2n) is 7.34. The van der Waals surface area contributed by atoms with Crippen molar-refractivity contribution >= 4 is 44.4 Å². The number of nitrogens with zero attached hydrogens (tertiary/aromatic N) is 2. The predicted molar refractivity (Wildman–Crippen MR) is 123 cm³/mol. The molecule has 1 aliphatic heterocycles. The van der Waals surface area contributed by atoms with Crippen molar-refractivity contribution in [2.75, 3.05) is 12.4 Å². The summed E-state index contributed by atoms with van der Waals surface area (Å²) in [6, 6.07) is 14.9. The third-order valence-electron chi connectivity index (χ3n) is 5.18. The Morgan fingerprint density at radius 3 is 2.77 bits per heavy atom. The van der Waals surface area contributed by atoms with Gasteiger partial charge in [-0.05, 0) is 43.5 Å². The number of carbonyl (C=O) groups excluding carboxylic acids is 1. The SMILES string of the molecule is O=C(CCCSc1nc2ccccc2c(=O)n1CC1CCCO1)c1ccc(Br)cc1. The van der Waals surface area contributed by atoms with Gasteiger partial charge in [0.25, 0.3) is 5.56 Å². The molecule has 0 amide bonds. The van der Waals surface area contributed by atoms with Crippen molar-refractivity contribution in [3.63, 3.8) is 0 Å². The third kappa shape index (κ3) is 5.02. The second-order valence-corrected chi connectivity index (χ2v) is 9.32. The molecule has 1 unspecified atom stereocenters. The van der Waals surface area contributed by atoms with Gasteiger partial charge in [0.15, 0.2) is 10.9 Å². The first-order valence-electron chi connectivity index (χ1n) is 10.1. The van der Waals surface area contributed by atoms with Gasteiger partial charge in [0.1, 0.15) is 0 Å². The van der Waals surface area contributed by atoms with Crippen molar-refractivity contribution in [2.45, 2.75) is 43.5 Å². The second kappa shape index (κ2) is 9.90. The van der Waals surface area contributed by atoms with E-state index in [1.807, 2.05) is 48.5 Å². The molecule has 2 aromatic carbocycles. The Hall–Kier alpha value is -1.96. The number of ether oxygens (including phenoxy) is 1. The number of Topliss-reactive ketones (excluding diaryl/α,β-unsaturated/α-hetero) is 1. The average molecular weight is 487 g/mol. The number of hydrogen-bond donors (Lipinski definition) is 0. The highest BCUT2D eigenvalue weighted by atomic mass is 79.9. The summed E-state index contributed by atoms with van der Waals surface area (Å²) in [7, 11) is 0. The number of halogens is 1. The Kier molecular flexibility index (Phi) is 7.02. The van der Waals surface area contributed by atoms with Crippen LogP contribution in [0, 0.1) is 0 Å². The standard InChI is InChI=1S/C23H23BrN2O3S/c24-17-11-9-16(10-12-17)21(27)8-4-14-30-23-25-20-7-2-1-6-19(20)22(28)26(23)15-18-5-3-13-29-18/h1-2,6-7,9-12,18H,3-5,8,13-15H2. The lowest BCUT2D eigenvalue weighted by Crippen LogP contribution is -2.28. The first kappa shape index (κ1) is 21.3. The smallest absolute Gasteiger partial charge is 0.262 e. The highest BCUT2D eigenvalue weighted by Gasteiger charge is 2.20. The van der Waals surface area contributed by atoms with Gasteiger partial charge in [0.2, 0.25) is 0 Å². The van der Waals surface area contributed by atoms with Crippen molar-refractivity contribution in [3.05, 3.63) is 68.9 Å². The topological polar surface area (TPSA) is 61.2 Å². The lowest BCUT2D eigenvalue weighted by molar-refractivity contribution is 0.0937. The molecule has 0 aliphatic carbocycles. The Morgan fingerprint density at radius 1 is 1.20 bits per heavy atom. The predicted octanol–water partition coefficient (Wildman–Crippen LogP) is 5.09. The molecule has 0 saturated carbocycles. The molecule has 1 aliphatic rings. The minimum atomic E-state index is -0.0236. The summed E-state index contributed by atoms with van der Waals surface area (Å²) < 4.78 is 8.46. The van der Waals surface area contributed by atoms with Gasteiger partial charge < -0.3 is 4.74 Å². The van der Waals surface area contributed by atoms with Gasteiger partial charge in [-0.25, -0.2) is 4.98 Å². The number of thioether (sulfide) groups is 1. The van der Waals surface area contributed by atoms with E-state index in [-0.39, 0.29) is 17.4 Å². The molecule has 1 fully saturated rings. The molecule has 5 nitrogen and oxygen atoms in total. The zero-order chi connectivity index (χ0) is 20.9. The van der Waals surface area contributed by atoms with Crippen molar-refractivity contribution in [1.29, 1.82) is 0 Å². The maximum atomic E-state index is 13.1. The molecule has 3 aromatic rings. The fraction of sp³-hybridized carbons (Fsp3) is 0.348. The Labute approximate surface area is 188 Å². The normalized spacial score (nSPS) is 16.2. The third-order valence-corrected chi connectivity index (χ3v) is 6.77. The van der Waals surface area contributed by atoms with E-state index in [1.165, 1.54) is 11.8 Å². The Bertz CT molecular complexity index is 1090. The molecule has 2 heterocycles. The maximum Gasteiger partial charge on any atom is 0.262 e.